The molecule has 1 heterocycles. The highest BCUT2D eigenvalue weighted by Crippen LogP contribution is 2.17. The van der Waals surface area contributed by atoms with Gasteiger partial charge in [0.1, 0.15) is 0 Å². The minimum atomic E-state index is 0.355. The molecule has 90 valence electrons. The van der Waals surface area contributed by atoms with E-state index in [4.69, 9.17) is 0 Å². The van der Waals surface area contributed by atoms with Crippen molar-refractivity contribution in [2.75, 3.05) is 19.7 Å². The first-order valence-corrected chi connectivity index (χ1v) is 6.73. The number of hydrogen-bond donors (Lipinski definition) is 1. The molecule has 15 heavy (non-hydrogen) atoms. The second-order valence-corrected chi connectivity index (χ2v) is 4.78. The molecule has 1 atom stereocenters. The van der Waals surface area contributed by atoms with Crippen LogP contribution < -0.4 is 0 Å². The summed E-state index contributed by atoms with van der Waals surface area (Å²) in [6.45, 7) is 5.01. The number of nitrogens with zero attached hydrogens (tertiary/aromatic N) is 1. The lowest BCUT2D eigenvalue weighted by Gasteiger charge is -2.28. The van der Waals surface area contributed by atoms with Gasteiger partial charge in [-0.25, -0.2) is 0 Å². The highest BCUT2D eigenvalue weighted by Gasteiger charge is 2.19. The van der Waals surface area contributed by atoms with Gasteiger partial charge < -0.3 is 5.11 Å². The van der Waals surface area contributed by atoms with Gasteiger partial charge in [0.05, 0.1) is 6.61 Å². The minimum absolute atomic E-state index is 0.355. The molecule has 2 nitrogen and oxygen atoms in total. The van der Waals surface area contributed by atoms with E-state index in [9.17, 15) is 5.11 Å². The normalized spacial score (nSPS) is 24.0. The molecule has 0 aliphatic carbocycles. The van der Waals surface area contributed by atoms with E-state index < -0.39 is 0 Å². The van der Waals surface area contributed by atoms with Crippen LogP contribution in [0.5, 0.6) is 0 Å². The third-order valence-electron chi connectivity index (χ3n) is 3.51. The predicted octanol–water partition coefficient (Wildman–Crippen LogP) is 2.80. The number of aliphatic hydroxyl groups excluding tert-OH is 1. The largest absolute Gasteiger partial charge is 0.395 e. The Morgan fingerprint density at radius 1 is 1.13 bits per heavy atom. The van der Waals surface area contributed by atoms with Crippen LogP contribution >= 0.6 is 0 Å². The Balaban J connectivity index is 2.22. The van der Waals surface area contributed by atoms with Crippen molar-refractivity contribution < 1.29 is 5.11 Å². The van der Waals surface area contributed by atoms with E-state index in [-0.39, 0.29) is 0 Å². The van der Waals surface area contributed by atoms with Crippen LogP contribution in [0.25, 0.3) is 0 Å². The zero-order chi connectivity index (χ0) is 10.9. The van der Waals surface area contributed by atoms with Crippen LogP contribution in [-0.2, 0) is 0 Å². The summed E-state index contributed by atoms with van der Waals surface area (Å²) in [5, 5.41) is 9.35. The summed E-state index contributed by atoms with van der Waals surface area (Å²) in [4.78, 5) is 2.52. The molecule has 1 unspecified atom stereocenters. The summed E-state index contributed by atoms with van der Waals surface area (Å²) in [5.74, 6) is 0. The van der Waals surface area contributed by atoms with E-state index in [2.05, 4.69) is 11.8 Å². The van der Waals surface area contributed by atoms with Crippen LogP contribution in [0.3, 0.4) is 0 Å². The van der Waals surface area contributed by atoms with Crippen molar-refractivity contribution in [3.05, 3.63) is 0 Å². The minimum Gasteiger partial charge on any atom is -0.395 e. The van der Waals surface area contributed by atoms with Crippen molar-refractivity contribution in [3.63, 3.8) is 0 Å². The van der Waals surface area contributed by atoms with E-state index in [1.165, 1.54) is 64.5 Å². The lowest BCUT2D eigenvalue weighted by Crippen LogP contribution is -2.38. The summed E-state index contributed by atoms with van der Waals surface area (Å²) in [6, 6.07) is 0.453. The Kier molecular flexibility index (Phi) is 7.03. The molecule has 1 N–H and O–H groups in total. The van der Waals surface area contributed by atoms with Gasteiger partial charge in [-0.3, -0.25) is 4.90 Å². The van der Waals surface area contributed by atoms with Crippen LogP contribution in [0.4, 0.5) is 0 Å². The van der Waals surface area contributed by atoms with Gasteiger partial charge in [0, 0.05) is 6.04 Å². The monoisotopic (exact) mass is 213 g/mol. The van der Waals surface area contributed by atoms with Crippen LogP contribution in [-0.4, -0.2) is 35.7 Å². The topological polar surface area (TPSA) is 23.5 Å². The molecule has 0 aromatic heterocycles. The number of aliphatic hydroxyl groups is 1. The van der Waals surface area contributed by atoms with Crippen LogP contribution in [0.1, 0.15) is 58.3 Å². The zero-order valence-corrected chi connectivity index (χ0v) is 10.2. The predicted molar refractivity (Wildman–Crippen MR) is 65.1 cm³/mol. The van der Waals surface area contributed by atoms with Crippen molar-refractivity contribution in [2.45, 2.75) is 64.3 Å². The van der Waals surface area contributed by atoms with Gasteiger partial charge in [-0.1, -0.05) is 39.0 Å². The summed E-state index contributed by atoms with van der Waals surface area (Å²) >= 11 is 0. The number of likely N-dealkylation sites (tertiary alicyclic amines) is 1. The first-order valence-electron chi connectivity index (χ1n) is 6.73. The van der Waals surface area contributed by atoms with E-state index in [1.54, 1.807) is 0 Å². The van der Waals surface area contributed by atoms with E-state index in [0.29, 0.717) is 12.6 Å². The van der Waals surface area contributed by atoms with Gasteiger partial charge in [-0.05, 0) is 32.4 Å². The Hall–Kier alpha value is -0.0800. The second-order valence-electron chi connectivity index (χ2n) is 4.78. The molecular formula is C13H27NO. The molecule has 2 heteroatoms. The van der Waals surface area contributed by atoms with Gasteiger partial charge >= 0.3 is 0 Å². The van der Waals surface area contributed by atoms with Crippen LogP contribution in [0.15, 0.2) is 0 Å². The molecule has 0 spiro atoms. The van der Waals surface area contributed by atoms with E-state index in [0.717, 1.165) is 0 Å². The third kappa shape index (κ3) is 4.98. The van der Waals surface area contributed by atoms with Crippen molar-refractivity contribution in [1.29, 1.82) is 0 Å². The standard InChI is InChI=1S/C13H27NO/c1-2-3-4-7-10-14-11-8-5-6-9-13(14)12-15/h13,15H,2-12H2,1H3. The van der Waals surface area contributed by atoms with Crippen molar-refractivity contribution in [2.24, 2.45) is 0 Å². The summed E-state index contributed by atoms with van der Waals surface area (Å²) in [7, 11) is 0. The van der Waals surface area contributed by atoms with Gasteiger partial charge in [0.2, 0.25) is 0 Å². The maximum atomic E-state index is 9.35. The molecule has 0 radical (unpaired) electrons. The van der Waals surface area contributed by atoms with E-state index >= 15 is 0 Å². The fraction of sp³-hybridized carbons (Fsp3) is 1.00. The fourth-order valence-electron chi connectivity index (χ4n) is 2.48. The molecule has 1 rings (SSSR count). The molecule has 0 saturated carbocycles. The maximum Gasteiger partial charge on any atom is 0.0586 e. The second kappa shape index (κ2) is 8.12. The van der Waals surface area contributed by atoms with Crippen LogP contribution in [0.2, 0.25) is 0 Å². The van der Waals surface area contributed by atoms with Gasteiger partial charge in [0.15, 0.2) is 0 Å². The summed E-state index contributed by atoms with van der Waals surface area (Å²) in [5.41, 5.74) is 0. The molecule has 1 aliphatic heterocycles. The zero-order valence-electron chi connectivity index (χ0n) is 10.2. The Morgan fingerprint density at radius 3 is 2.73 bits per heavy atom. The molecule has 0 amide bonds. The van der Waals surface area contributed by atoms with E-state index in [1.807, 2.05) is 0 Å². The average Bonchev–Trinajstić information content (AvgIpc) is 2.49. The van der Waals surface area contributed by atoms with Crippen molar-refractivity contribution in [3.8, 4) is 0 Å². The third-order valence-corrected chi connectivity index (χ3v) is 3.51. The average molecular weight is 213 g/mol. The summed E-state index contributed by atoms with van der Waals surface area (Å²) < 4.78 is 0. The first-order chi connectivity index (χ1) is 7.38. The van der Waals surface area contributed by atoms with Gasteiger partial charge in [-0.15, -0.1) is 0 Å². The number of hydrogen-bond acceptors (Lipinski definition) is 2. The molecule has 0 aromatic rings. The molecule has 1 fully saturated rings. The highest BCUT2D eigenvalue weighted by atomic mass is 16.3. The number of unbranched alkanes of at least 4 members (excludes halogenated alkanes) is 3. The molecule has 0 aromatic carbocycles. The van der Waals surface area contributed by atoms with Crippen molar-refractivity contribution >= 4 is 0 Å². The SMILES string of the molecule is CCCCCCN1CCCCCC1CO. The molecule has 1 saturated heterocycles. The lowest BCUT2D eigenvalue weighted by molar-refractivity contribution is 0.122. The molecule has 1 aliphatic rings. The summed E-state index contributed by atoms with van der Waals surface area (Å²) in [6.07, 6.45) is 10.5. The highest BCUT2D eigenvalue weighted by molar-refractivity contribution is 4.74. The molecule has 0 bridgehead atoms. The quantitative estimate of drug-likeness (QED) is 0.686. The Bertz CT molecular complexity index is 149. The first kappa shape index (κ1) is 13.0. The Morgan fingerprint density at radius 2 is 2.00 bits per heavy atom. The smallest absolute Gasteiger partial charge is 0.0586 e. The van der Waals surface area contributed by atoms with Gasteiger partial charge in [0.25, 0.3) is 0 Å². The van der Waals surface area contributed by atoms with Crippen LogP contribution in [0, 0.1) is 0 Å². The maximum absolute atomic E-state index is 9.35. The fourth-order valence-corrected chi connectivity index (χ4v) is 2.48. The van der Waals surface area contributed by atoms with Crippen molar-refractivity contribution in [1.82, 2.24) is 4.90 Å². The number of rotatable bonds is 6. The lowest BCUT2D eigenvalue weighted by atomic mass is 10.1. The van der Waals surface area contributed by atoms with Gasteiger partial charge in [-0.2, -0.15) is 0 Å². The molecular weight excluding hydrogens is 186 g/mol. The Labute approximate surface area is 94.7 Å².